The van der Waals surface area contributed by atoms with Crippen molar-refractivity contribution in [3.05, 3.63) is 32.8 Å². The molecule has 1 fully saturated rings. The van der Waals surface area contributed by atoms with Crippen molar-refractivity contribution in [1.29, 1.82) is 0 Å². The summed E-state index contributed by atoms with van der Waals surface area (Å²) >= 11 is 18.4. The molecule has 1 unspecified atom stereocenters. The van der Waals surface area contributed by atoms with Gasteiger partial charge < -0.3 is 10.2 Å². The number of nitrogens with zero attached hydrogens (tertiary/aromatic N) is 1. The maximum Gasteiger partial charge on any atom is 0.0781 e. The van der Waals surface area contributed by atoms with Gasteiger partial charge in [-0.3, -0.25) is 0 Å². The van der Waals surface area contributed by atoms with E-state index in [0.717, 1.165) is 25.2 Å². The second-order valence-corrected chi connectivity index (χ2v) is 6.52. The van der Waals surface area contributed by atoms with Crippen molar-refractivity contribution < 1.29 is 0 Å². The summed E-state index contributed by atoms with van der Waals surface area (Å²) in [6, 6.07) is 4.48. The largest absolute Gasteiger partial charge is 0.307 e. The van der Waals surface area contributed by atoms with Crippen molar-refractivity contribution in [2.75, 3.05) is 19.6 Å². The molecule has 1 aliphatic heterocycles. The number of benzene rings is 1. The number of piperidine rings is 1. The molecule has 1 saturated heterocycles. The van der Waals surface area contributed by atoms with Gasteiger partial charge in [0.1, 0.15) is 0 Å². The molecule has 1 heterocycles. The molecule has 1 aromatic rings. The number of halogens is 3. The molecule has 1 N–H and O–H groups in total. The molecule has 2 rings (SSSR count). The molecule has 5 heteroatoms. The third-order valence-corrected chi connectivity index (χ3v) is 5.36. The molecule has 0 radical (unpaired) electrons. The lowest BCUT2D eigenvalue weighted by Crippen LogP contribution is -2.43. The van der Waals surface area contributed by atoms with Gasteiger partial charge in [0.05, 0.1) is 15.1 Å². The highest BCUT2D eigenvalue weighted by Crippen LogP contribution is 2.35. The van der Waals surface area contributed by atoms with Gasteiger partial charge in [-0.2, -0.15) is 0 Å². The molecular formula is C15H21Cl3N2. The number of likely N-dealkylation sites (tertiary alicyclic amines) is 1. The van der Waals surface area contributed by atoms with Crippen LogP contribution in [-0.4, -0.2) is 30.6 Å². The molecule has 0 aliphatic carbocycles. The van der Waals surface area contributed by atoms with Crippen LogP contribution in [-0.2, 0) is 0 Å². The highest BCUT2D eigenvalue weighted by Gasteiger charge is 2.21. The van der Waals surface area contributed by atoms with E-state index in [4.69, 9.17) is 34.8 Å². The summed E-state index contributed by atoms with van der Waals surface area (Å²) in [4.78, 5) is 2.48. The first-order chi connectivity index (χ1) is 9.52. The van der Waals surface area contributed by atoms with E-state index in [9.17, 15) is 0 Å². The molecule has 0 aromatic heterocycles. The van der Waals surface area contributed by atoms with Gasteiger partial charge in [-0.15, -0.1) is 0 Å². The van der Waals surface area contributed by atoms with Gasteiger partial charge in [-0.25, -0.2) is 0 Å². The topological polar surface area (TPSA) is 15.3 Å². The van der Waals surface area contributed by atoms with Crippen LogP contribution in [0.15, 0.2) is 12.1 Å². The number of hydrogen-bond donors (Lipinski definition) is 1. The van der Waals surface area contributed by atoms with Crippen LogP contribution in [0.5, 0.6) is 0 Å². The molecule has 0 spiro atoms. The molecule has 0 bridgehead atoms. The zero-order valence-corrected chi connectivity index (χ0v) is 14.2. The van der Waals surface area contributed by atoms with Crippen LogP contribution in [0.2, 0.25) is 15.1 Å². The van der Waals surface area contributed by atoms with Gasteiger partial charge in [-0.1, -0.05) is 47.8 Å². The SMILES string of the molecule is CCN1CCC(NC(C)c2ccc(Cl)c(Cl)c2Cl)CC1. The molecule has 1 atom stereocenters. The van der Waals surface area contributed by atoms with Crippen LogP contribution < -0.4 is 5.32 Å². The van der Waals surface area contributed by atoms with Gasteiger partial charge >= 0.3 is 0 Å². The Kier molecular flexibility index (Phi) is 6.00. The van der Waals surface area contributed by atoms with Crippen LogP contribution in [0.3, 0.4) is 0 Å². The van der Waals surface area contributed by atoms with E-state index in [1.54, 1.807) is 0 Å². The normalized spacial score (nSPS) is 19.2. The summed E-state index contributed by atoms with van der Waals surface area (Å²) in [5.41, 5.74) is 1.01. The maximum atomic E-state index is 6.29. The molecule has 1 aromatic carbocycles. The molecule has 112 valence electrons. The van der Waals surface area contributed by atoms with Crippen LogP contribution in [0.25, 0.3) is 0 Å². The summed E-state index contributed by atoms with van der Waals surface area (Å²) in [6.45, 7) is 7.80. The molecule has 2 nitrogen and oxygen atoms in total. The quantitative estimate of drug-likeness (QED) is 0.796. The Morgan fingerprint density at radius 3 is 2.45 bits per heavy atom. The van der Waals surface area contributed by atoms with Crippen LogP contribution in [0.4, 0.5) is 0 Å². The lowest BCUT2D eigenvalue weighted by Gasteiger charge is -2.33. The number of nitrogens with one attached hydrogen (secondary N) is 1. The first-order valence-electron chi connectivity index (χ1n) is 7.14. The van der Waals surface area contributed by atoms with E-state index >= 15 is 0 Å². The van der Waals surface area contributed by atoms with E-state index in [-0.39, 0.29) is 6.04 Å². The molecular weight excluding hydrogens is 315 g/mol. The zero-order valence-electron chi connectivity index (χ0n) is 11.9. The lowest BCUT2D eigenvalue weighted by molar-refractivity contribution is 0.200. The van der Waals surface area contributed by atoms with E-state index < -0.39 is 0 Å². The van der Waals surface area contributed by atoms with Crippen LogP contribution >= 0.6 is 34.8 Å². The Balaban J connectivity index is 1.99. The molecule has 0 amide bonds. The summed E-state index contributed by atoms with van der Waals surface area (Å²) in [7, 11) is 0. The van der Waals surface area contributed by atoms with Crippen LogP contribution in [0, 0.1) is 0 Å². The van der Waals surface area contributed by atoms with E-state index in [0.29, 0.717) is 21.1 Å². The third kappa shape index (κ3) is 3.80. The summed E-state index contributed by atoms with van der Waals surface area (Å²) in [5.74, 6) is 0. The standard InChI is InChI=1S/C15H21Cl3N2/c1-3-20-8-6-11(7-9-20)19-10(2)12-4-5-13(16)15(18)14(12)17/h4-5,10-11,19H,3,6-9H2,1-2H3. The Morgan fingerprint density at radius 1 is 1.20 bits per heavy atom. The highest BCUT2D eigenvalue weighted by atomic mass is 35.5. The molecule has 20 heavy (non-hydrogen) atoms. The predicted octanol–water partition coefficient (Wildman–Crippen LogP) is 4.78. The van der Waals surface area contributed by atoms with Gasteiger partial charge in [0.15, 0.2) is 0 Å². The fourth-order valence-electron chi connectivity index (χ4n) is 2.73. The summed E-state index contributed by atoms with van der Waals surface area (Å²) in [5, 5.41) is 5.16. The minimum absolute atomic E-state index is 0.176. The van der Waals surface area contributed by atoms with Crippen molar-refractivity contribution in [3.8, 4) is 0 Å². The number of rotatable bonds is 4. The molecule has 1 aliphatic rings. The maximum absolute atomic E-state index is 6.29. The second kappa shape index (κ2) is 7.33. The first kappa shape index (κ1) is 16.4. The average molecular weight is 336 g/mol. The minimum atomic E-state index is 0.176. The Hall–Kier alpha value is 0.01000. The Bertz CT molecular complexity index is 457. The second-order valence-electron chi connectivity index (χ2n) is 5.36. The molecule has 0 saturated carbocycles. The van der Waals surface area contributed by atoms with Gasteiger partial charge in [0.25, 0.3) is 0 Å². The fourth-order valence-corrected chi connectivity index (χ4v) is 3.44. The van der Waals surface area contributed by atoms with Crippen molar-refractivity contribution in [2.45, 2.75) is 38.8 Å². The van der Waals surface area contributed by atoms with E-state index in [1.807, 2.05) is 12.1 Å². The van der Waals surface area contributed by atoms with E-state index in [2.05, 4.69) is 24.1 Å². The van der Waals surface area contributed by atoms with Gasteiger partial charge in [-0.05, 0) is 51.0 Å². The summed E-state index contributed by atoms with van der Waals surface area (Å²) in [6.07, 6.45) is 2.36. The average Bonchev–Trinajstić information content (AvgIpc) is 2.45. The Labute approximate surface area is 136 Å². The monoisotopic (exact) mass is 334 g/mol. The summed E-state index contributed by atoms with van der Waals surface area (Å²) < 4.78 is 0. The smallest absolute Gasteiger partial charge is 0.0781 e. The van der Waals surface area contributed by atoms with Crippen molar-refractivity contribution >= 4 is 34.8 Å². The van der Waals surface area contributed by atoms with E-state index in [1.165, 1.54) is 12.8 Å². The third-order valence-electron chi connectivity index (χ3n) is 4.05. The minimum Gasteiger partial charge on any atom is -0.307 e. The highest BCUT2D eigenvalue weighted by molar-refractivity contribution is 6.48. The Morgan fingerprint density at radius 2 is 1.85 bits per heavy atom. The van der Waals surface area contributed by atoms with Gasteiger partial charge in [0, 0.05) is 12.1 Å². The zero-order chi connectivity index (χ0) is 14.7. The fraction of sp³-hybridized carbons (Fsp3) is 0.600. The number of hydrogen-bond acceptors (Lipinski definition) is 2. The van der Waals surface area contributed by atoms with Crippen molar-refractivity contribution in [2.24, 2.45) is 0 Å². The lowest BCUT2D eigenvalue weighted by atomic mass is 10.0. The van der Waals surface area contributed by atoms with Crippen LogP contribution in [0.1, 0.15) is 38.3 Å². The van der Waals surface area contributed by atoms with Crippen molar-refractivity contribution in [3.63, 3.8) is 0 Å². The predicted molar refractivity (Wildman–Crippen MR) is 88.2 cm³/mol. The van der Waals surface area contributed by atoms with Crippen molar-refractivity contribution in [1.82, 2.24) is 10.2 Å². The first-order valence-corrected chi connectivity index (χ1v) is 8.28. The van der Waals surface area contributed by atoms with Gasteiger partial charge in [0.2, 0.25) is 0 Å².